The number of rotatable bonds is 5. The summed E-state index contributed by atoms with van der Waals surface area (Å²) in [6.07, 6.45) is 1.75. The number of thiocarbonyl (C=S) groups is 1. The van der Waals surface area contributed by atoms with E-state index in [2.05, 4.69) is 0 Å². The van der Waals surface area contributed by atoms with E-state index in [0.29, 0.717) is 29.5 Å². The molecule has 1 heterocycles. The van der Waals surface area contributed by atoms with Gasteiger partial charge in [-0.1, -0.05) is 30.4 Å². The zero-order chi connectivity index (χ0) is 14.5. The summed E-state index contributed by atoms with van der Waals surface area (Å²) in [6, 6.07) is 11.0. The van der Waals surface area contributed by atoms with Gasteiger partial charge >= 0.3 is 0 Å². The Balaban J connectivity index is 2.05. The molecular formula is C15H16N2O2S. The first-order chi connectivity index (χ1) is 9.59. The van der Waals surface area contributed by atoms with Crippen LogP contribution in [-0.4, -0.2) is 16.2 Å². The lowest BCUT2D eigenvalue weighted by Crippen LogP contribution is -2.24. The quantitative estimate of drug-likeness (QED) is 0.853. The zero-order valence-corrected chi connectivity index (χ0v) is 12.0. The van der Waals surface area contributed by atoms with Gasteiger partial charge < -0.3 is 15.0 Å². The van der Waals surface area contributed by atoms with Gasteiger partial charge in [0.05, 0.1) is 12.1 Å². The van der Waals surface area contributed by atoms with Crippen molar-refractivity contribution in [3.63, 3.8) is 0 Å². The fourth-order valence-corrected chi connectivity index (χ4v) is 2.05. The number of aromatic nitrogens is 1. The normalized spacial score (nSPS) is 10.2. The maximum Gasteiger partial charge on any atom is 0.253 e. The number of pyridine rings is 1. The van der Waals surface area contributed by atoms with Crippen molar-refractivity contribution in [2.24, 2.45) is 5.73 Å². The molecule has 4 nitrogen and oxygen atoms in total. The van der Waals surface area contributed by atoms with E-state index in [-0.39, 0.29) is 5.56 Å². The number of aryl methyl sites for hydroxylation is 1. The SMILES string of the molecule is Cc1cccn(CCOc2ccccc2C(N)=S)c1=O. The van der Waals surface area contributed by atoms with E-state index in [0.717, 1.165) is 5.56 Å². The van der Waals surface area contributed by atoms with Crippen molar-refractivity contribution in [2.45, 2.75) is 13.5 Å². The van der Waals surface area contributed by atoms with E-state index in [1.165, 1.54) is 0 Å². The summed E-state index contributed by atoms with van der Waals surface area (Å²) in [7, 11) is 0. The summed E-state index contributed by atoms with van der Waals surface area (Å²) in [4.78, 5) is 12.2. The predicted molar refractivity (Wildman–Crippen MR) is 83.3 cm³/mol. The van der Waals surface area contributed by atoms with Gasteiger partial charge in [-0.05, 0) is 25.1 Å². The van der Waals surface area contributed by atoms with Crippen molar-refractivity contribution in [1.29, 1.82) is 0 Å². The van der Waals surface area contributed by atoms with Gasteiger partial charge in [0.1, 0.15) is 17.3 Å². The Hall–Kier alpha value is -2.14. The first kappa shape index (κ1) is 14.3. The maximum atomic E-state index is 11.9. The Kier molecular flexibility index (Phi) is 4.53. The first-order valence-corrected chi connectivity index (χ1v) is 6.68. The lowest BCUT2D eigenvalue weighted by Gasteiger charge is -2.11. The zero-order valence-electron chi connectivity index (χ0n) is 11.2. The lowest BCUT2D eigenvalue weighted by molar-refractivity contribution is 0.296. The van der Waals surface area contributed by atoms with E-state index < -0.39 is 0 Å². The van der Waals surface area contributed by atoms with Gasteiger partial charge in [0.15, 0.2) is 0 Å². The standard InChI is InChI=1S/C15H16N2O2S/c1-11-5-4-8-17(15(11)18)9-10-19-13-7-3-2-6-12(13)14(16)20/h2-8H,9-10H2,1H3,(H2,16,20). The average Bonchev–Trinajstić information content (AvgIpc) is 2.44. The third-order valence-corrected chi connectivity index (χ3v) is 3.17. The highest BCUT2D eigenvalue weighted by Crippen LogP contribution is 2.17. The Morgan fingerprint density at radius 1 is 1.30 bits per heavy atom. The lowest BCUT2D eigenvalue weighted by atomic mass is 10.2. The molecular weight excluding hydrogens is 272 g/mol. The highest BCUT2D eigenvalue weighted by molar-refractivity contribution is 7.80. The monoisotopic (exact) mass is 288 g/mol. The molecule has 0 unspecified atom stereocenters. The van der Waals surface area contributed by atoms with Crippen LogP contribution >= 0.6 is 12.2 Å². The fraction of sp³-hybridized carbons (Fsp3) is 0.200. The summed E-state index contributed by atoms with van der Waals surface area (Å²) in [5.74, 6) is 0.640. The Labute approximate surface area is 122 Å². The number of nitrogens with two attached hydrogens (primary N) is 1. The van der Waals surface area contributed by atoms with Crippen LogP contribution in [0.4, 0.5) is 0 Å². The molecule has 0 fully saturated rings. The van der Waals surface area contributed by atoms with Gasteiger partial charge in [0.2, 0.25) is 0 Å². The molecule has 1 aromatic heterocycles. The van der Waals surface area contributed by atoms with Crippen LogP contribution in [0.15, 0.2) is 47.4 Å². The smallest absolute Gasteiger partial charge is 0.253 e. The van der Waals surface area contributed by atoms with Gasteiger partial charge in [-0.25, -0.2) is 0 Å². The minimum atomic E-state index is -0.00118. The van der Waals surface area contributed by atoms with Gasteiger partial charge in [0, 0.05) is 11.8 Å². The highest BCUT2D eigenvalue weighted by atomic mass is 32.1. The molecule has 0 saturated heterocycles. The third-order valence-electron chi connectivity index (χ3n) is 2.95. The number of nitrogens with zero attached hydrogens (tertiary/aromatic N) is 1. The predicted octanol–water partition coefficient (Wildman–Crippen LogP) is 1.87. The van der Waals surface area contributed by atoms with Crippen molar-refractivity contribution < 1.29 is 4.74 Å². The minimum absolute atomic E-state index is 0.00118. The maximum absolute atomic E-state index is 11.9. The van der Waals surface area contributed by atoms with E-state index in [4.69, 9.17) is 22.7 Å². The molecule has 0 saturated carbocycles. The number of ether oxygens (including phenoxy) is 1. The summed E-state index contributed by atoms with van der Waals surface area (Å²) >= 11 is 4.97. The largest absolute Gasteiger partial charge is 0.491 e. The van der Waals surface area contributed by atoms with Crippen molar-refractivity contribution >= 4 is 17.2 Å². The second-order valence-corrected chi connectivity index (χ2v) is 4.84. The summed E-state index contributed by atoms with van der Waals surface area (Å²) in [5.41, 5.74) is 7.06. The van der Waals surface area contributed by atoms with Crippen LogP contribution in [0.1, 0.15) is 11.1 Å². The molecule has 0 amide bonds. The minimum Gasteiger partial charge on any atom is -0.491 e. The molecule has 0 atom stereocenters. The average molecular weight is 288 g/mol. The second kappa shape index (κ2) is 6.34. The van der Waals surface area contributed by atoms with Gasteiger partial charge in [-0.2, -0.15) is 0 Å². The highest BCUT2D eigenvalue weighted by Gasteiger charge is 2.05. The van der Waals surface area contributed by atoms with Crippen LogP contribution in [0.2, 0.25) is 0 Å². The van der Waals surface area contributed by atoms with Crippen molar-refractivity contribution in [3.8, 4) is 5.75 Å². The topological polar surface area (TPSA) is 57.2 Å². The molecule has 0 aliphatic carbocycles. The number of benzene rings is 1. The first-order valence-electron chi connectivity index (χ1n) is 6.27. The van der Waals surface area contributed by atoms with E-state index >= 15 is 0 Å². The molecule has 2 N–H and O–H groups in total. The fourth-order valence-electron chi connectivity index (χ4n) is 1.88. The van der Waals surface area contributed by atoms with Crippen LogP contribution in [-0.2, 0) is 6.54 Å². The third kappa shape index (κ3) is 3.24. The molecule has 0 spiro atoms. The van der Waals surface area contributed by atoms with Gasteiger partial charge in [-0.15, -0.1) is 0 Å². The molecule has 2 rings (SSSR count). The Morgan fingerprint density at radius 3 is 2.80 bits per heavy atom. The molecule has 1 aromatic carbocycles. The molecule has 5 heteroatoms. The summed E-state index contributed by atoms with van der Waals surface area (Å²) in [6.45, 7) is 2.65. The molecule has 104 valence electrons. The summed E-state index contributed by atoms with van der Waals surface area (Å²) in [5, 5.41) is 0. The van der Waals surface area contributed by atoms with Gasteiger partial charge in [-0.3, -0.25) is 4.79 Å². The van der Waals surface area contributed by atoms with E-state index in [9.17, 15) is 4.79 Å². The van der Waals surface area contributed by atoms with Crippen LogP contribution in [0.5, 0.6) is 5.75 Å². The van der Waals surface area contributed by atoms with E-state index in [1.54, 1.807) is 23.8 Å². The second-order valence-electron chi connectivity index (χ2n) is 4.40. The van der Waals surface area contributed by atoms with Crippen LogP contribution in [0.3, 0.4) is 0 Å². The van der Waals surface area contributed by atoms with Crippen molar-refractivity contribution in [3.05, 3.63) is 64.1 Å². The molecule has 0 radical (unpaired) electrons. The number of hydrogen-bond acceptors (Lipinski definition) is 3. The van der Waals surface area contributed by atoms with Crippen LogP contribution in [0, 0.1) is 6.92 Å². The van der Waals surface area contributed by atoms with Crippen molar-refractivity contribution in [2.75, 3.05) is 6.61 Å². The number of hydrogen-bond donors (Lipinski definition) is 1. The van der Waals surface area contributed by atoms with Crippen LogP contribution < -0.4 is 16.0 Å². The molecule has 2 aromatic rings. The Morgan fingerprint density at radius 2 is 2.05 bits per heavy atom. The molecule has 0 bridgehead atoms. The van der Waals surface area contributed by atoms with Gasteiger partial charge in [0.25, 0.3) is 5.56 Å². The van der Waals surface area contributed by atoms with E-state index in [1.807, 2.05) is 30.3 Å². The summed E-state index contributed by atoms with van der Waals surface area (Å²) < 4.78 is 7.29. The van der Waals surface area contributed by atoms with Crippen molar-refractivity contribution in [1.82, 2.24) is 4.57 Å². The van der Waals surface area contributed by atoms with Crippen LogP contribution in [0.25, 0.3) is 0 Å². The molecule has 0 aliphatic rings. The number of para-hydroxylation sites is 1. The molecule has 20 heavy (non-hydrogen) atoms. The molecule has 0 aliphatic heterocycles. The Bertz CT molecular complexity index is 680.